The SMILES string of the molecule is Cc1cc(C2(OCCO)OCCO2)ccc1O. The summed E-state index contributed by atoms with van der Waals surface area (Å²) in [4.78, 5) is 0. The lowest BCUT2D eigenvalue weighted by molar-refractivity contribution is -0.345. The van der Waals surface area contributed by atoms with Crippen molar-refractivity contribution < 1.29 is 24.4 Å². The smallest absolute Gasteiger partial charge is 0.312 e. The summed E-state index contributed by atoms with van der Waals surface area (Å²) >= 11 is 0. The van der Waals surface area contributed by atoms with Crippen molar-refractivity contribution in [3.05, 3.63) is 29.3 Å². The van der Waals surface area contributed by atoms with Crippen molar-refractivity contribution in [2.24, 2.45) is 0 Å². The zero-order valence-electron chi connectivity index (χ0n) is 9.68. The van der Waals surface area contributed by atoms with Gasteiger partial charge in [-0.2, -0.15) is 0 Å². The minimum Gasteiger partial charge on any atom is -0.508 e. The number of hydrogen-bond acceptors (Lipinski definition) is 5. The lowest BCUT2D eigenvalue weighted by Gasteiger charge is -2.27. The van der Waals surface area contributed by atoms with Crippen LogP contribution in [-0.4, -0.2) is 36.6 Å². The van der Waals surface area contributed by atoms with Crippen LogP contribution >= 0.6 is 0 Å². The van der Waals surface area contributed by atoms with E-state index in [0.717, 1.165) is 0 Å². The van der Waals surface area contributed by atoms with Crippen molar-refractivity contribution in [1.29, 1.82) is 0 Å². The van der Waals surface area contributed by atoms with Gasteiger partial charge in [0, 0.05) is 5.56 Å². The van der Waals surface area contributed by atoms with Gasteiger partial charge in [-0.05, 0) is 30.7 Å². The molecule has 0 aliphatic carbocycles. The van der Waals surface area contributed by atoms with Gasteiger partial charge in [0.25, 0.3) is 0 Å². The summed E-state index contributed by atoms with van der Waals surface area (Å²) in [5, 5.41) is 18.3. The first kappa shape index (κ1) is 12.3. The van der Waals surface area contributed by atoms with Crippen LogP contribution in [0.15, 0.2) is 18.2 Å². The number of hydrogen-bond donors (Lipinski definition) is 2. The van der Waals surface area contributed by atoms with Gasteiger partial charge < -0.3 is 24.4 Å². The monoisotopic (exact) mass is 240 g/mol. The van der Waals surface area contributed by atoms with Crippen LogP contribution < -0.4 is 0 Å². The quantitative estimate of drug-likeness (QED) is 0.817. The molecule has 0 atom stereocenters. The van der Waals surface area contributed by atoms with E-state index in [0.29, 0.717) is 24.3 Å². The molecule has 1 aliphatic rings. The predicted molar refractivity (Wildman–Crippen MR) is 59.5 cm³/mol. The Labute approximate surface area is 99.5 Å². The number of phenols is 1. The van der Waals surface area contributed by atoms with Crippen LogP contribution in [0.1, 0.15) is 11.1 Å². The normalized spacial score (nSPS) is 18.5. The first-order chi connectivity index (χ1) is 8.18. The highest BCUT2D eigenvalue weighted by atomic mass is 16.9. The van der Waals surface area contributed by atoms with Crippen molar-refractivity contribution >= 4 is 0 Å². The van der Waals surface area contributed by atoms with Crippen LogP contribution in [0.2, 0.25) is 0 Å². The number of phenolic OH excluding ortho intramolecular Hbond substituents is 1. The number of aryl methyl sites for hydroxylation is 1. The van der Waals surface area contributed by atoms with Gasteiger partial charge >= 0.3 is 5.97 Å². The molecule has 0 aromatic heterocycles. The number of ether oxygens (including phenoxy) is 3. The number of aliphatic hydroxyl groups excluding tert-OH is 1. The van der Waals surface area contributed by atoms with Crippen LogP contribution in [0.5, 0.6) is 5.75 Å². The molecule has 0 saturated carbocycles. The molecule has 2 N–H and O–H groups in total. The molecule has 5 nitrogen and oxygen atoms in total. The lowest BCUT2D eigenvalue weighted by atomic mass is 10.1. The molecule has 0 spiro atoms. The Kier molecular flexibility index (Phi) is 3.63. The highest BCUT2D eigenvalue weighted by Crippen LogP contribution is 2.34. The summed E-state index contributed by atoms with van der Waals surface area (Å²) in [6, 6.07) is 5.00. The molecule has 2 rings (SSSR count). The molecule has 1 saturated heterocycles. The number of aliphatic hydroxyl groups is 1. The first-order valence-corrected chi connectivity index (χ1v) is 5.51. The number of aromatic hydroxyl groups is 1. The van der Waals surface area contributed by atoms with E-state index in [1.54, 1.807) is 25.1 Å². The minimum absolute atomic E-state index is 0.106. The van der Waals surface area contributed by atoms with E-state index in [1.165, 1.54) is 0 Å². The fourth-order valence-electron chi connectivity index (χ4n) is 1.75. The lowest BCUT2D eigenvalue weighted by Crippen LogP contribution is -2.32. The van der Waals surface area contributed by atoms with E-state index < -0.39 is 5.97 Å². The Morgan fingerprint density at radius 2 is 2.06 bits per heavy atom. The average Bonchev–Trinajstić information content (AvgIpc) is 2.80. The maximum absolute atomic E-state index is 9.48. The Hall–Kier alpha value is -1.14. The summed E-state index contributed by atoms with van der Waals surface area (Å²) in [7, 11) is 0. The molecular formula is C12H16O5. The maximum atomic E-state index is 9.48. The van der Waals surface area contributed by atoms with Crippen LogP contribution in [-0.2, 0) is 20.2 Å². The number of rotatable bonds is 4. The minimum atomic E-state index is -1.25. The van der Waals surface area contributed by atoms with Crippen molar-refractivity contribution in [3.63, 3.8) is 0 Å². The van der Waals surface area contributed by atoms with Crippen molar-refractivity contribution in [3.8, 4) is 5.75 Å². The third-order valence-corrected chi connectivity index (χ3v) is 2.60. The van der Waals surface area contributed by atoms with E-state index in [2.05, 4.69) is 0 Å². The molecule has 1 aromatic rings. The van der Waals surface area contributed by atoms with E-state index in [1.807, 2.05) is 0 Å². The Bertz CT molecular complexity index is 384. The molecule has 0 bridgehead atoms. The van der Waals surface area contributed by atoms with Gasteiger partial charge in [0.05, 0.1) is 26.4 Å². The molecule has 1 aliphatic heterocycles. The van der Waals surface area contributed by atoms with Crippen LogP contribution in [0.4, 0.5) is 0 Å². The summed E-state index contributed by atoms with van der Waals surface area (Å²) in [5.74, 6) is -1.04. The summed E-state index contributed by atoms with van der Waals surface area (Å²) in [5.41, 5.74) is 1.40. The first-order valence-electron chi connectivity index (χ1n) is 5.51. The second-order valence-electron chi connectivity index (χ2n) is 3.83. The third kappa shape index (κ3) is 2.42. The molecule has 0 unspecified atom stereocenters. The Morgan fingerprint density at radius 1 is 1.35 bits per heavy atom. The molecular weight excluding hydrogens is 224 g/mol. The van der Waals surface area contributed by atoms with Crippen LogP contribution in [0.3, 0.4) is 0 Å². The molecule has 5 heteroatoms. The standard InChI is InChI=1S/C12H16O5/c1-9-8-10(2-3-11(9)14)12(15-5-4-13)16-6-7-17-12/h2-3,8,13-14H,4-7H2,1H3. The maximum Gasteiger partial charge on any atom is 0.312 e. The molecule has 0 radical (unpaired) electrons. The molecule has 1 heterocycles. The fourth-order valence-corrected chi connectivity index (χ4v) is 1.75. The van der Waals surface area contributed by atoms with E-state index in [9.17, 15) is 5.11 Å². The van der Waals surface area contributed by atoms with Crippen molar-refractivity contribution in [2.75, 3.05) is 26.4 Å². The van der Waals surface area contributed by atoms with Gasteiger partial charge in [0.1, 0.15) is 5.75 Å². The van der Waals surface area contributed by atoms with Gasteiger partial charge in [-0.1, -0.05) is 0 Å². The number of benzene rings is 1. The van der Waals surface area contributed by atoms with Gasteiger partial charge in [0.15, 0.2) is 0 Å². The second-order valence-corrected chi connectivity index (χ2v) is 3.83. The van der Waals surface area contributed by atoms with Gasteiger partial charge in [-0.25, -0.2) is 0 Å². The third-order valence-electron chi connectivity index (χ3n) is 2.60. The predicted octanol–water partition coefficient (Wildman–Crippen LogP) is 0.867. The van der Waals surface area contributed by atoms with Crippen LogP contribution in [0.25, 0.3) is 0 Å². The highest BCUT2D eigenvalue weighted by molar-refractivity contribution is 5.36. The van der Waals surface area contributed by atoms with Crippen molar-refractivity contribution in [1.82, 2.24) is 0 Å². The zero-order valence-corrected chi connectivity index (χ0v) is 9.68. The topological polar surface area (TPSA) is 68.2 Å². The Balaban J connectivity index is 2.28. The summed E-state index contributed by atoms with van der Waals surface area (Å²) in [6.45, 7) is 2.68. The van der Waals surface area contributed by atoms with E-state index in [-0.39, 0.29) is 19.0 Å². The van der Waals surface area contributed by atoms with E-state index >= 15 is 0 Å². The molecule has 0 amide bonds. The molecule has 94 valence electrons. The van der Waals surface area contributed by atoms with Gasteiger partial charge in [0.2, 0.25) is 0 Å². The zero-order chi connectivity index (χ0) is 12.3. The highest BCUT2D eigenvalue weighted by Gasteiger charge is 2.40. The Morgan fingerprint density at radius 3 is 2.65 bits per heavy atom. The van der Waals surface area contributed by atoms with Gasteiger partial charge in [-0.15, -0.1) is 0 Å². The summed E-state index contributed by atoms with van der Waals surface area (Å²) < 4.78 is 16.4. The van der Waals surface area contributed by atoms with Gasteiger partial charge in [-0.3, -0.25) is 0 Å². The fraction of sp³-hybridized carbons (Fsp3) is 0.500. The summed E-state index contributed by atoms with van der Waals surface area (Å²) in [6.07, 6.45) is 0. The van der Waals surface area contributed by atoms with Crippen LogP contribution in [0, 0.1) is 6.92 Å². The molecule has 17 heavy (non-hydrogen) atoms. The van der Waals surface area contributed by atoms with E-state index in [4.69, 9.17) is 19.3 Å². The second kappa shape index (κ2) is 5.01. The molecule has 1 fully saturated rings. The largest absolute Gasteiger partial charge is 0.508 e. The molecule has 1 aromatic carbocycles. The average molecular weight is 240 g/mol. The van der Waals surface area contributed by atoms with Crippen molar-refractivity contribution in [2.45, 2.75) is 12.9 Å².